The number of ether oxygens (including phenoxy) is 2. The van der Waals surface area contributed by atoms with Gasteiger partial charge >= 0.3 is 0 Å². The number of Topliss-reactive ketones (excluding diaryl/α,β-unsaturated/α-hetero) is 1. The average Bonchev–Trinajstić information content (AvgIpc) is 2.59. The van der Waals surface area contributed by atoms with Crippen LogP contribution in [0.3, 0.4) is 0 Å². The second-order valence-corrected chi connectivity index (χ2v) is 4.44. The lowest BCUT2D eigenvalue weighted by Gasteiger charge is -2.33. The van der Waals surface area contributed by atoms with Gasteiger partial charge in [0.05, 0.1) is 25.8 Å². The Morgan fingerprint density at radius 2 is 1.88 bits per heavy atom. The normalized spacial score (nSPS) is 28.4. The van der Waals surface area contributed by atoms with Gasteiger partial charge < -0.3 is 14.4 Å². The van der Waals surface area contributed by atoms with Crippen LogP contribution in [0.15, 0.2) is 0 Å². The molecule has 0 unspecified atom stereocenters. The summed E-state index contributed by atoms with van der Waals surface area (Å²) < 4.78 is 11.2. The van der Waals surface area contributed by atoms with Gasteiger partial charge in [0.2, 0.25) is 5.91 Å². The summed E-state index contributed by atoms with van der Waals surface area (Å²) >= 11 is 0. The maximum Gasteiger partial charge on any atom is 0.220 e. The molecule has 1 atom stereocenters. The summed E-state index contributed by atoms with van der Waals surface area (Å²) in [6.45, 7) is 4.61. The van der Waals surface area contributed by atoms with Gasteiger partial charge in [0, 0.05) is 13.3 Å². The predicted molar refractivity (Wildman–Crippen MR) is 55.7 cm³/mol. The topological polar surface area (TPSA) is 55.8 Å². The van der Waals surface area contributed by atoms with Crippen LogP contribution in [0, 0.1) is 0 Å². The van der Waals surface area contributed by atoms with Gasteiger partial charge in [0.15, 0.2) is 11.6 Å². The molecule has 2 aliphatic rings. The Balaban J connectivity index is 2.16. The summed E-state index contributed by atoms with van der Waals surface area (Å²) in [6.07, 6.45) is 1.33. The monoisotopic (exact) mass is 227 g/mol. The zero-order chi connectivity index (χ0) is 11.8. The fourth-order valence-corrected chi connectivity index (χ4v) is 2.36. The molecule has 0 bridgehead atoms. The first kappa shape index (κ1) is 11.5. The largest absolute Gasteiger partial charge is 0.348 e. The number of hydrogen-bond acceptors (Lipinski definition) is 4. The van der Waals surface area contributed by atoms with Crippen LogP contribution < -0.4 is 0 Å². The Hall–Kier alpha value is -0.940. The Bertz CT molecular complexity index is 285. The van der Waals surface area contributed by atoms with E-state index in [0.29, 0.717) is 26.2 Å². The molecule has 0 radical (unpaired) electrons. The highest BCUT2D eigenvalue weighted by atomic mass is 16.7. The van der Waals surface area contributed by atoms with Gasteiger partial charge in [0.25, 0.3) is 0 Å². The molecule has 1 spiro atoms. The van der Waals surface area contributed by atoms with Crippen molar-refractivity contribution in [3.05, 3.63) is 0 Å². The molecule has 2 aliphatic heterocycles. The lowest BCUT2D eigenvalue weighted by atomic mass is 10.1. The van der Waals surface area contributed by atoms with Gasteiger partial charge in [-0.3, -0.25) is 9.59 Å². The van der Waals surface area contributed by atoms with Crippen molar-refractivity contribution in [2.75, 3.05) is 19.8 Å². The van der Waals surface area contributed by atoms with E-state index in [4.69, 9.17) is 9.47 Å². The van der Waals surface area contributed by atoms with Crippen molar-refractivity contribution in [3.63, 3.8) is 0 Å². The number of nitrogens with zero attached hydrogens (tertiary/aromatic N) is 1. The summed E-state index contributed by atoms with van der Waals surface area (Å²) in [6, 6.07) is -0.393. The molecule has 1 amide bonds. The molecule has 0 aliphatic carbocycles. The summed E-state index contributed by atoms with van der Waals surface area (Å²) in [4.78, 5) is 24.5. The van der Waals surface area contributed by atoms with E-state index in [1.54, 1.807) is 4.90 Å². The van der Waals surface area contributed by atoms with Gasteiger partial charge in [0.1, 0.15) is 0 Å². The molecule has 0 aromatic heterocycles. The Labute approximate surface area is 94.7 Å². The van der Waals surface area contributed by atoms with Crippen LogP contribution in [0.5, 0.6) is 0 Å². The van der Waals surface area contributed by atoms with E-state index in [1.807, 2.05) is 0 Å². The molecular formula is C11H17NO4. The number of rotatable bonds is 1. The maximum absolute atomic E-state index is 11.5. The third-order valence-electron chi connectivity index (χ3n) is 3.18. The second-order valence-electron chi connectivity index (χ2n) is 4.44. The second kappa shape index (κ2) is 4.14. The van der Waals surface area contributed by atoms with Gasteiger partial charge in [-0.25, -0.2) is 0 Å². The Morgan fingerprint density at radius 3 is 2.31 bits per heavy atom. The SMILES string of the molecule is CC(=O)[C@@H]1CC2(CN1C(C)=O)OCCCO2. The minimum atomic E-state index is -0.736. The maximum atomic E-state index is 11.5. The molecule has 5 nitrogen and oxygen atoms in total. The number of hydrogen-bond donors (Lipinski definition) is 0. The van der Waals surface area contributed by atoms with Crippen LogP contribution >= 0.6 is 0 Å². The molecule has 90 valence electrons. The highest BCUT2D eigenvalue weighted by Crippen LogP contribution is 2.34. The van der Waals surface area contributed by atoms with Crippen LogP contribution in [0.1, 0.15) is 26.7 Å². The molecule has 2 saturated heterocycles. The van der Waals surface area contributed by atoms with E-state index in [1.165, 1.54) is 13.8 Å². The van der Waals surface area contributed by atoms with Gasteiger partial charge in [-0.05, 0) is 13.3 Å². The van der Waals surface area contributed by atoms with E-state index in [2.05, 4.69) is 0 Å². The number of likely N-dealkylation sites (tertiary alicyclic amines) is 1. The minimum Gasteiger partial charge on any atom is -0.348 e. The molecule has 2 fully saturated rings. The molecule has 0 saturated carbocycles. The highest BCUT2D eigenvalue weighted by Gasteiger charge is 2.49. The fraction of sp³-hybridized carbons (Fsp3) is 0.818. The number of ketones is 1. The first-order valence-electron chi connectivity index (χ1n) is 5.60. The quantitative estimate of drug-likeness (QED) is 0.647. The third-order valence-corrected chi connectivity index (χ3v) is 3.18. The molecule has 2 heterocycles. The van der Waals surface area contributed by atoms with E-state index in [0.717, 1.165) is 6.42 Å². The molecule has 0 aromatic carbocycles. The summed E-state index contributed by atoms with van der Waals surface area (Å²) in [5.74, 6) is -0.847. The smallest absolute Gasteiger partial charge is 0.220 e. The van der Waals surface area contributed by atoms with Crippen molar-refractivity contribution in [1.29, 1.82) is 0 Å². The molecule has 2 rings (SSSR count). The van der Waals surface area contributed by atoms with Crippen LogP contribution in [0.2, 0.25) is 0 Å². The number of carbonyl (C=O) groups excluding carboxylic acids is 2. The number of carbonyl (C=O) groups is 2. The van der Waals surface area contributed by atoms with Gasteiger partial charge in [-0.2, -0.15) is 0 Å². The van der Waals surface area contributed by atoms with Crippen LogP contribution in [-0.4, -0.2) is 48.2 Å². The van der Waals surface area contributed by atoms with Crippen LogP contribution in [0.4, 0.5) is 0 Å². The summed E-state index contributed by atoms with van der Waals surface area (Å²) in [7, 11) is 0. The van der Waals surface area contributed by atoms with Crippen molar-refractivity contribution in [1.82, 2.24) is 4.90 Å². The lowest BCUT2D eigenvalue weighted by molar-refractivity contribution is -0.257. The number of amides is 1. The Morgan fingerprint density at radius 1 is 1.25 bits per heavy atom. The van der Waals surface area contributed by atoms with Crippen molar-refractivity contribution in [2.24, 2.45) is 0 Å². The van der Waals surface area contributed by atoms with E-state index < -0.39 is 11.8 Å². The molecule has 0 N–H and O–H groups in total. The average molecular weight is 227 g/mol. The predicted octanol–water partition coefficient (Wildman–Crippen LogP) is 0.329. The fourth-order valence-electron chi connectivity index (χ4n) is 2.36. The zero-order valence-corrected chi connectivity index (χ0v) is 9.69. The molecule has 5 heteroatoms. The van der Waals surface area contributed by atoms with Crippen LogP contribution in [-0.2, 0) is 19.1 Å². The third kappa shape index (κ3) is 1.97. The minimum absolute atomic E-state index is 0.00940. The van der Waals surface area contributed by atoms with Gasteiger partial charge in [-0.15, -0.1) is 0 Å². The zero-order valence-electron chi connectivity index (χ0n) is 9.69. The first-order chi connectivity index (χ1) is 7.54. The lowest BCUT2D eigenvalue weighted by Crippen LogP contribution is -2.43. The Kier molecular flexibility index (Phi) is 2.99. The summed E-state index contributed by atoms with van der Waals surface area (Å²) in [5.41, 5.74) is 0. The van der Waals surface area contributed by atoms with E-state index in [-0.39, 0.29) is 11.7 Å². The summed E-state index contributed by atoms with van der Waals surface area (Å²) in [5, 5.41) is 0. The highest BCUT2D eigenvalue weighted by molar-refractivity contribution is 5.87. The standard InChI is InChI=1S/C11H17NO4/c1-8(13)10-6-11(7-12(10)9(2)14)15-4-3-5-16-11/h10H,3-7H2,1-2H3/t10-/m0/s1. The van der Waals surface area contributed by atoms with Crippen molar-refractivity contribution in [3.8, 4) is 0 Å². The molecular weight excluding hydrogens is 210 g/mol. The van der Waals surface area contributed by atoms with Gasteiger partial charge in [-0.1, -0.05) is 0 Å². The van der Waals surface area contributed by atoms with Crippen molar-refractivity contribution < 1.29 is 19.1 Å². The van der Waals surface area contributed by atoms with E-state index in [9.17, 15) is 9.59 Å². The molecule has 16 heavy (non-hydrogen) atoms. The van der Waals surface area contributed by atoms with Crippen molar-refractivity contribution >= 4 is 11.7 Å². The van der Waals surface area contributed by atoms with E-state index >= 15 is 0 Å². The first-order valence-corrected chi connectivity index (χ1v) is 5.60. The van der Waals surface area contributed by atoms with Crippen LogP contribution in [0.25, 0.3) is 0 Å². The molecule has 0 aromatic rings. The van der Waals surface area contributed by atoms with Crippen molar-refractivity contribution in [2.45, 2.75) is 38.5 Å².